The molecule has 0 bridgehead atoms. The molecule has 4 N–H and O–H groups in total. The minimum absolute atomic E-state index is 0.00997. The monoisotopic (exact) mass is 614 g/mol. The predicted octanol–water partition coefficient (Wildman–Crippen LogP) is 4.84. The maximum Gasteiger partial charge on any atom is 0.219 e. The minimum Gasteiger partial charge on any atom is -0.433 e. The first-order valence-electron chi connectivity index (χ1n) is 14.9. The number of nitrogens with two attached hydrogens (primary N) is 1. The van der Waals surface area contributed by atoms with E-state index in [4.69, 9.17) is 15.2 Å². The molecular weight excluding hydrogens is 582 g/mol. The van der Waals surface area contributed by atoms with E-state index in [2.05, 4.69) is 32.1 Å². The second-order valence-corrected chi connectivity index (χ2v) is 11.6. The zero-order valence-corrected chi connectivity index (χ0v) is 24.6. The van der Waals surface area contributed by atoms with Gasteiger partial charge in [0.25, 0.3) is 0 Å². The SMILES string of the molecule is Cc1cc(Oc2c(F)cccc2F)ncc1-n1ncc(C(=O)c2cc3cc4c(cc3[nH]2)CN(C2CCOCC2)C(CO)C4)c1N. The topological polar surface area (TPSA) is 132 Å². The number of benzene rings is 2. The Bertz CT molecular complexity index is 1890. The number of hydrogen-bond acceptors (Lipinski definition) is 8. The summed E-state index contributed by atoms with van der Waals surface area (Å²) in [5, 5.41) is 15.4. The first-order valence-corrected chi connectivity index (χ1v) is 14.9. The van der Waals surface area contributed by atoms with Crippen LogP contribution in [-0.4, -0.2) is 67.4 Å². The quantitative estimate of drug-likeness (QED) is 0.222. The number of nitrogens with zero attached hydrogens (tertiary/aromatic N) is 4. The number of carbonyl (C=O) groups excluding carboxylic acids is 1. The Morgan fingerprint density at radius 2 is 1.91 bits per heavy atom. The molecule has 0 spiro atoms. The third-order valence-electron chi connectivity index (χ3n) is 8.80. The predicted molar refractivity (Wildman–Crippen MR) is 163 cm³/mol. The molecule has 0 saturated carbocycles. The molecule has 1 atom stereocenters. The number of hydrogen-bond donors (Lipinski definition) is 3. The molecule has 0 amide bonds. The number of anilines is 1. The Labute approximate surface area is 257 Å². The zero-order chi connectivity index (χ0) is 31.2. The number of aromatic nitrogens is 4. The van der Waals surface area contributed by atoms with E-state index in [9.17, 15) is 18.7 Å². The molecule has 5 aromatic rings. The average molecular weight is 615 g/mol. The van der Waals surface area contributed by atoms with Crippen molar-refractivity contribution in [3.63, 3.8) is 0 Å². The largest absolute Gasteiger partial charge is 0.433 e. The molecule has 5 heterocycles. The van der Waals surface area contributed by atoms with Crippen molar-refractivity contribution in [2.24, 2.45) is 0 Å². The summed E-state index contributed by atoms with van der Waals surface area (Å²) >= 11 is 0. The lowest BCUT2D eigenvalue weighted by atomic mass is 9.90. The number of pyridine rings is 1. The van der Waals surface area contributed by atoms with Crippen LogP contribution in [0.25, 0.3) is 16.6 Å². The molecule has 45 heavy (non-hydrogen) atoms. The van der Waals surface area contributed by atoms with E-state index in [0.717, 1.165) is 62.1 Å². The number of aromatic amines is 1. The van der Waals surface area contributed by atoms with Gasteiger partial charge in [-0.15, -0.1) is 0 Å². The lowest BCUT2D eigenvalue weighted by molar-refractivity contribution is -0.00437. The molecule has 3 aromatic heterocycles. The van der Waals surface area contributed by atoms with Crippen molar-refractivity contribution in [1.82, 2.24) is 24.6 Å². The van der Waals surface area contributed by atoms with E-state index >= 15 is 0 Å². The summed E-state index contributed by atoms with van der Waals surface area (Å²) < 4.78 is 40.4. The molecule has 1 unspecified atom stereocenters. The van der Waals surface area contributed by atoms with Gasteiger partial charge in [0.15, 0.2) is 11.6 Å². The number of halogens is 2. The van der Waals surface area contributed by atoms with Gasteiger partial charge >= 0.3 is 0 Å². The Morgan fingerprint density at radius 3 is 2.64 bits per heavy atom. The maximum atomic E-state index is 14.0. The zero-order valence-electron chi connectivity index (χ0n) is 24.6. The normalized spacial score (nSPS) is 17.5. The number of carbonyl (C=O) groups is 1. The summed E-state index contributed by atoms with van der Waals surface area (Å²) in [6.07, 6.45) is 5.46. The third kappa shape index (κ3) is 5.34. The van der Waals surface area contributed by atoms with Crippen LogP contribution in [0.4, 0.5) is 14.6 Å². The first-order chi connectivity index (χ1) is 21.8. The molecule has 1 fully saturated rings. The minimum atomic E-state index is -0.846. The summed E-state index contributed by atoms with van der Waals surface area (Å²) in [5.74, 6) is -2.44. The Hall–Kier alpha value is -4.65. The highest BCUT2D eigenvalue weighted by atomic mass is 19.1. The van der Waals surface area contributed by atoms with Crippen molar-refractivity contribution in [1.29, 1.82) is 0 Å². The Balaban J connectivity index is 1.13. The van der Waals surface area contributed by atoms with Crippen molar-refractivity contribution >= 4 is 22.5 Å². The van der Waals surface area contributed by atoms with Gasteiger partial charge in [-0.25, -0.2) is 18.4 Å². The van der Waals surface area contributed by atoms with Crippen LogP contribution in [0.1, 0.15) is 45.6 Å². The number of aliphatic hydroxyl groups is 1. The number of para-hydroxylation sites is 1. The molecule has 1 saturated heterocycles. The average Bonchev–Trinajstić information content (AvgIpc) is 3.64. The van der Waals surface area contributed by atoms with Gasteiger partial charge in [0.05, 0.1) is 35.9 Å². The smallest absolute Gasteiger partial charge is 0.219 e. The van der Waals surface area contributed by atoms with Crippen LogP contribution in [0.15, 0.2) is 54.9 Å². The molecule has 10 nitrogen and oxygen atoms in total. The van der Waals surface area contributed by atoms with Crippen molar-refractivity contribution in [3.05, 3.63) is 94.4 Å². The van der Waals surface area contributed by atoms with Crippen molar-refractivity contribution in [2.45, 2.75) is 44.8 Å². The van der Waals surface area contributed by atoms with Crippen LogP contribution in [0.5, 0.6) is 11.6 Å². The number of nitrogen functional groups attached to an aromatic ring is 1. The highest BCUT2D eigenvalue weighted by Gasteiger charge is 2.32. The number of aliphatic hydroxyl groups excluding tert-OH is 1. The standard InChI is InChI=1S/C33H32F2N6O4/c1-18-9-30(45-32-25(34)3-2-4-26(32)35)37-15-29(18)41-33(36)24(14-38-41)31(43)28-12-20-10-19-11-23(17-42)40(22-5-7-44-8-6-22)16-21(19)13-27(20)39-28/h2-4,9-10,12-15,22-23,39,42H,5-8,11,16-17,36H2,1H3. The fourth-order valence-corrected chi connectivity index (χ4v) is 6.40. The third-order valence-corrected chi connectivity index (χ3v) is 8.80. The van der Waals surface area contributed by atoms with Crippen LogP contribution in [0.2, 0.25) is 0 Å². The second-order valence-electron chi connectivity index (χ2n) is 11.6. The van der Waals surface area contributed by atoms with Gasteiger partial charge < -0.3 is 25.3 Å². The van der Waals surface area contributed by atoms with Crippen LogP contribution in [-0.2, 0) is 17.7 Å². The molecule has 12 heteroatoms. The molecule has 0 radical (unpaired) electrons. The number of H-pyrrole nitrogens is 1. The number of ether oxygens (including phenoxy) is 2. The summed E-state index contributed by atoms with van der Waals surface area (Å²) in [7, 11) is 0. The van der Waals surface area contributed by atoms with Crippen LogP contribution < -0.4 is 10.5 Å². The summed E-state index contributed by atoms with van der Waals surface area (Å²) in [4.78, 5) is 23.5. The molecule has 0 aliphatic carbocycles. The van der Waals surface area contributed by atoms with Gasteiger partial charge in [0.1, 0.15) is 5.82 Å². The lowest BCUT2D eigenvalue weighted by Crippen LogP contribution is -2.50. The summed E-state index contributed by atoms with van der Waals surface area (Å²) in [6.45, 7) is 4.03. The van der Waals surface area contributed by atoms with Crippen LogP contribution in [0.3, 0.4) is 0 Å². The van der Waals surface area contributed by atoms with Crippen molar-refractivity contribution < 1.29 is 28.2 Å². The van der Waals surface area contributed by atoms with Gasteiger partial charge in [-0.3, -0.25) is 9.69 Å². The van der Waals surface area contributed by atoms with Gasteiger partial charge in [-0.2, -0.15) is 5.10 Å². The van der Waals surface area contributed by atoms with Crippen molar-refractivity contribution in [3.8, 4) is 17.3 Å². The molecule has 232 valence electrons. The highest BCUT2D eigenvalue weighted by Crippen LogP contribution is 2.33. The van der Waals surface area contributed by atoms with Crippen LogP contribution in [0, 0.1) is 18.6 Å². The number of rotatable bonds is 7. The number of fused-ring (bicyclic) bond motifs is 2. The van der Waals surface area contributed by atoms with E-state index in [-0.39, 0.29) is 35.7 Å². The Morgan fingerprint density at radius 1 is 1.13 bits per heavy atom. The van der Waals surface area contributed by atoms with E-state index in [1.807, 2.05) is 6.07 Å². The fraction of sp³-hybridized carbons (Fsp3) is 0.303. The van der Waals surface area contributed by atoms with E-state index in [0.29, 0.717) is 23.0 Å². The second kappa shape index (κ2) is 11.7. The molecule has 2 aliphatic heterocycles. The number of nitrogens with one attached hydrogen (secondary N) is 1. The fourth-order valence-electron chi connectivity index (χ4n) is 6.40. The maximum absolute atomic E-state index is 14.0. The van der Waals surface area contributed by atoms with Gasteiger partial charge in [0.2, 0.25) is 17.4 Å². The van der Waals surface area contributed by atoms with Crippen molar-refractivity contribution in [2.75, 3.05) is 25.6 Å². The first kappa shape index (κ1) is 29.1. The number of ketones is 1. The highest BCUT2D eigenvalue weighted by molar-refractivity contribution is 6.12. The molecule has 2 aliphatic rings. The van der Waals surface area contributed by atoms with E-state index in [1.165, 1.54) is 40.3 Å². The molecule has 2 aromatic carbocycles. The molecular formula is C33H32F2N6O4. The van der Waals surface area contributed by atoms with E-state index in [1.54, 1.807) is 6.92 Å². The van der Waals surface area contributed by atoms with Gasteiger partial charge in [-0.1, -0.05) is 6.07 Å². The Kier molecular flexibility index (Phi) is 7.56. The number of aryl methyl sites for hydroxylation is 1. The van der Waals surface area contributed by atoms with E-state index < -0.39 is 17.4 Å². The van der Waals surface area contributed by atoms with Gasteiger partial charge in [0, 0.05) is 48.8 Å². The van der Waals surface area contributed by atoms with Gasteiger partial charge in [-0.05, 0) is 73.2 Å². The lowest BCUT2D eigenvalue weighted by Gasteiger charge is -2.42. The molecule has 7 rings (SSSR count). The summed E-state index contributed by atoms with van der Waals surface area (Å²) in [5.41, 5.74) is 11.3. The van der Waals surface area contributed by atoms with Crippen LogP contribution >= 0.6 is 0 Å². The summed E-state index contributed by atoms with van der Waals surface area (Å²) in [6, 6.07) is 11.4.